The highest BCUT2D eigenvalue weighted by Gasteiger charge is 2.13. The van der Waals surface area contributed by atoms with Crippen LogP contribution in [-0.2, 0) is 4.79 Å². The Labute approximate surface area is 120 Å². The van der Waals surface area contributed by atoms with Gasteiger partial charge in [-0.15, -0.1) is 22.7 Å². The molecule has 0 aliphatic heterocycles. The molecule has 0 saturated carbocycles. The first-order valence-electron chi connectivity index (χ1n) is 6.17. The van der Waals surface area contributed by atoms with Gasteiger partial charge in [0, 0.05) is 18.5 Å². The molecule has 2 aromatic heterocycles. The minimum atomic E-state index is -0.767. The fraction of sp³-hybridized carbons (Fsp3) is 0.385. The fourth-order valence-corrected chi connectivity index (χ4v) is 3.39. The van der Waals surface area contributed by atoms with E-state index in [1.165, 1.54) is 0 Å². The summed E-state index contributed by atoms with van der Waals surface area (Å²) in [5.74, 6) is -0.767. The highest BCUT2D eigenvalue weighted by molar-refractivity contribution is 7.16. The molecule has 0 saturated heterocycles. The molecule has 2 rings (SSSR count). The lowest BCUT2D eigenvalue weighted by atomic mass is 10.3. The molecule has 0 radical (unpaired) electrons. The molecular formula is C13H16N2O2S2. The Morgan fingerprint density at radius 2 is 2.26 bits per heavy atom. The molecule has 1 N–H and O–H groups in total. The second-order valence-corrected chi connectivity index (χ2v) is 5.91. The van der Waals surface area contributed by atoms with Crippen LogP contribution in [0.25, 0.3) is 10.6 Å². The van der Waals surface area contributed by atoms with Crippen molar-refractivity contribution in [2.75, 3.05) is 18.0 Å². The molecule has 0 aromatic carbocycles. The van der Waals surface area contributed by atoms with Gasteiger partial charge < -0.3 is 10.0 Å². The number of rotatable bonds is 7. The van der Waals surface area contributed by atoms with Gasteiger partial charge in [-0.25, -0.2) is 4.98 Å². The van der Waals surface area contributed by atoms with E-state index in [0.717, 1.165) is 28.7 Å². The van der Waals surface area contributed by atoms with Crippen LogP contribution >= 0.6 is 22.7 Å². The summed E-state index contributed by atoms with van der Waals surface area (Å²) in [5, 5.41) is 13.8. The number of aromatic nitrogens is 1. The summed E-state index contributed by atoms with van der Waals surface area (Å²) in [7, 11) is 0. The zero-order valence-electron chi connectivity index (χ0n) is 10.7. The van der Waals surface area contributed by atoms with Gasteiger partial charge in [-0.3, -0.25) is 4.79 Å². The lowest BCUT2D eigenvalue weighted by Gasteiger charge is -2.19. The van der Waals surface area contributed by atoms with Crippen LogP contribution in [-0.4, -0.2) is 29.1 Å². The van der Waals surface area contributed by atoms with Crippen molar-refractivity contribution in [3.8, 4) is 10.6 Å². The largest absolute Gasteiger partial charge is 0.481 e. The van der Waals surface area contributed by atoms with Crippen molar-refractivity contribution in [2.45, 2.75) is 19.8 Å². The summed E-state index contributed by atoms with van der Waals surface area (Å²) >= 11 is 3.24. The number of thiazole rings is 1. The van der Waals surface area contributed by atoms with Crippen LogP contribution in [0.4, 0.5) is 5.13 Å². The summed E-state index contributed by atoms with van der Waals surface area (Å²) in [5.41, 5.74) is 0.978. The molecule has 0 aliphatic rings. The van der Waals surface area contributed by atoms with E-state index in [0.29, 0.717) is 6.54 Å². The van der Waals surface area contributed by atoms with Crippen molar-refractivity contribution in [2.24, 2.45) is 0 Å². The number of anilines is 1. The lowest BCUT2D eigenvalue weighted by Crippen LogP contribution is -2.26. The fourth-order valence-electron chi connectivity index (χ4n) is 1.75. The molecule has 0 fully saturated rings. The summed E-state index contributed by atoms with van der Waals surface area (Å²) < 4.78 is 0. The number of carbonyl (C=O) groups is 1. The van der Waals surface area contributed by atoms with Crippen molar-refractivity contribution in [1.29, 1.82) is 0 Å². The maximum atomic E-state index is 10.7. The van der Waals surface area contributed by atoms with Gasteiger partial charge in [0.1, 0.15) is 0 Å². The quantitative estimate of drug-likeness (QED) is 0.848. The van der Waals surface area contributed by atoms with Crippen molar-refractivity contribution in [3.63, 3.8) is 0 Å². The molecule has 4 nitrogen and oxygen atoms in total. The smallest absolute Gasteiger partial charge is 0.305 e. The predicted octanol–water partition coefficient (Wildman–Crippen LogP) is 3.56. The number of thiophene rings is 1. The van der Waals surface area contributed by atoms with Gasteiger partial charge in [-0.1, -0.05) is 13.0 Å². The molecule has 2 aromatic rings. The van der Waals surface area contributed by atoms with E-state index in [1.54, 1.807) is 22.7 Å². The maximum Gasteiger partial charge on any atom is 0.305 e. The average Bonchev–Trinajstić information content (AvgIpc) is 3.03. The minimum absolute atomic E-state index is 0.147. The van der Waals surface area contributed by atoms with Crippen LogP contribution in [0.5, 0.6) is 0 Å². The number of hydrogen-bond acceptors (Lipinski definition) is 5. The van der Waals surface area contributed by atoms with Crippen molar-refractivity contribution in [1.82, 2.24) is 4.98 Å². The molecule has 6 heteroatoms. The number of hydrogen-bond donors (Lipinski definition) is 1. The van der Waals surface area contributed by atoms with Crippen molar-refractivity contribution < 1.29 is 9.90 Å². The molecule has 0 unspecified atom stereocenters. The minimum Gasteiger partial charge on any atom is -0.481 e. The first-order chi connectivity index (χ1) is 9.20. The molecule has 0 amide bonds. The van der Waals surface area contributed by atoms with Gasteiger partial charge in [0.05, 0.1) is 17.0 Å². The molecule has 102 valence electrons. The van der Waals surface area contributed by atoms with Crippen LogP contribution in [0.3, 0.4) is 0 Å². The SMILES string of the molecule is CCCN(CCC(=O)O)c1nc(-c2cccs2)cs1. The Hall–Kier alpha value is -1.40. The van der Waals surface area contributed by atoms with Gasteiger partial charge in [0.15, 0.2) is 5.13 Å². The predicted molar refractivity (Wildman–Crippen MR) is 80.2 cm³/mol. The monoisotopic (exact) mass is 296 g/mol. The Morgan fingerprint density at radius 3 is 2.89 bits per heavy atom. The van der Waals surface area contributed by atoms with Crippen LogP contribution in [0.2, 0.25) is 0 Å². The number of nitrogens with zero attached hydrogens (tertiary/aromatic N) is 2. The van der Waals surface area contributed by atoms with E-state index in [9.17, 15) is 4.79 Å². The van der Waals surface area contributed by atoms with E-state index < -0.39 is 5.97 Å². The van der Waals surface area contributed by atoms with Gasteiger partial charge in [-0.2, -0.15) is 0 Å². The van der Waals surface area contributed by atoms with Crippen LogP contribution in [0.15, 0.2) is 22.9 Å². The Kier molecular flexibility index (Phi) is 4.93. The van der Waals surface area contributed by atoms with Gasteiger partial charge >= 0.3 is 5.97 Å². The van der Waals surface area contributed by atoms with E-state index >= 15 is 0 Å². The zero-order valence-corrected chi connectivity index (χ0v) is 12.3. The topological polar surface area (TPSA) is 53.4 Å². The Balaban J connectivity index is 2.11. The van der Waals surface area contributed by atoms with Gasteiger partial charge in [0.2, 0.25) is 0 Å². The summed E-state index contributed by atoms with van der Waals surface area (Å²) in [6, 6.07) is 4.05. The maximum absolute atomic E-state index is 10.7. The van der Waals surface area contributed by atoms with E-state index in [1.807, 2.05) is 22.9 Å². The molecular weight excluding hydrogens is 280 g/mol. The summed E-state index contributed by atoms with van der Waals surface area (Å²) in [6.45, 7) is 3.44. The molecule has 19 heavy (non-hydrogen) atoms. The van der Waals surface area contributed by atoms with E-state index in [4.69, 9.17) is 5.11 Å². The second-order valence-electron chi connectivity index (χ2n) is 4.12. The third-order valence-corrected chi connectivity index (χ3v) is 4.42. The lowest BCUT2D eigenvalue weighted by molar-refractivity contribution is -0.136. The normalized spacial score (nSPS) is 10.6. The van der Waals surface area contributed by atoms with Gasteiger partial charge in [-0.05, 0) is 17.9 Å². The molecule has 2 heterocycles. The highest BCUT2D eigenvalue weighted by atomic mass is 32.1. The third kappa shape index (κ3) is 3.78. The molecule has 0 bridgehead atoms. The highest BCUT2D eigenvalue weighted by Crippen LogP contribution is 2.30. The summed E-state index contributed by atoms with van der Waals surface area (Å²) in [6.07, 6.45) is 1.13. The first kappa shape index (κ1) is 14.0. The van der Waals surface area contributed by atoms with Crippen LogP contribution in [0, 0.1) is 0 Å². The Bertz CT molecular complexity index is 522. The molecule has 0 aliphatic carbocycles. The standard InChI is InChI=1S/C13H16N2O2S2/c1-2-6-15(7-5-12(16)17)13-14-10(9-19-13)11-4-3-8-18-11/h3-4,8-9H,2,5-7H2,1H3,(H,16,17). The number of carboxylic acids is 1. The van der Waals surface area contributed by atoms with Crippen LogP contribution < -0.4 is 4.90 Å². The van der Waals surface area contributed by atoms with Crippen molar-refractivity contribution >= 4 is 33.8 Å². The number of aliphatic carboxylic acids is 1. The second kappa shape index (κ2) is 6.68. The number of carboxylic acid groups (broad SMARTS) is 1. The summed E-state index contributed by atoms with van der Waals surface area (Å²) in [4.78, 5) is 18.5. The van der Waals surface area contributed by atoms with Gasteiger partial charge in [0.25, 0.3) is 0 Å². The van der Waals surface area contributed by atoms with E-state index in [-0.39, 0.29) is 6.42 Å². The molecule has 0 atom stereocenters. The van der Waals surface area contributed by atoms with Crippen molar-refractivity contribution in [3.05, 3.63) is 22.9 Å². The third-order valence-electron chi connectivity index (χ3n) is 2.63. The Morgan fingerprint density at radius 1 is 1.42 bits per heavy atom. The average molecular weight is 296 g/mol. The van der Waals surface area contributed by atoms with Crippen LogP contribution in [0.1, 0.15) is 19.8 Å². The zero-order chi connectivity index (χ0) is 13.7. The molecule has 0 spiro atoms. The first-order valence-corrected chi connectivity index (χ1v) is 7.92. The van der Waals surface area contributed by atoms with E-state index in [2.05, 4.69) is 16.8 Å².